The van der Waals surface area contributed by atoms with Crippen molar-refractivity contribution in [3.8, 4) is 0 Å². The summed E-state index contributed by atoms with van der Waals surface area (Å²) in [4.78, 5) is 37.5. The molecule has 6 nitrogen and oxygen atoms in total. The SMILES string of the molecule is CCCCCCC/C=C\CCCCCCCC(=O)OCC(COC(=O)CCCCCCCC)OC(=O)CCCCCCCCCCCCCCCC. The van der Waals surface area contributed by atoms with Crippen molar-refractivity contribution >= 4 is 17.9 Å². The highest BCUT2D eigenvalue weighted by molar-refractivity contribution is 5.71. The van der Waals surface area contributed by atoms with Crippen LogP contribution in [0.15, 0.2) is 12.2 Å². The zero-order valence-electron chi connectivity index (χ0n) is 34.8. The first kappa shape index (κ1) is 50.1. The van der Waals surface area contributed by atoms with E-state index in [0.29, 0.717) is 19.3 Å². The van der Waals surface area contributed by atoms with Gasteiger partial charge in [-0.05, 0) is 44.9 Å². The average Bonchev–Trinajstić information content (AvgIpc) is 3.14. The molecule has 0 rings (SSSR count). The Morgan fingerprint density at radius 3 is 0.962 bits per heavy atom. The summed E-state index contributed by atoms with van der Waals surface area (Å²) in [5.41, 5.74) is 0. The number of hydrogen-bond acceptors (Lipinski definition) is 6. The summed E-state index contributed by atoms with van der Waals surface area (Å²) in [6.45, 7) is 6.57. The lowest BCUT2D eigenvalue weighted by molar-refractivity contribution is -0.167. The summed E-state index contributed by atoms with van der Waals surface area (Å²) >= 11 is 0. The molecule has 0 aromatic rings. The fourth-order valence-electron chi connectivity index (χ4n) is 6.55. The van der Waals surface area contributed by atoms with Crippen LogP contribution < -0.4 is 0 Å². The summed E-state index contributed by atoms with van der Waals surface area (Å²) in [5, 5.41) is 0. The lowest BCUT2D eigenvalue weighted by atomic mass is 10.0. The van der Waals surface area contributed by atoms with Crippen molar-refractivity contribution in [2.75, 3.05) is 13.2 Å². The third-order valence-electron chi connectivity index (χ3n) is 10.0. The van der Waals surface area contributed by atoms with E-state index in [1.165, 1.54) is 141 Å². The van der Waals surface area contributed by atoms with Gasteiger partial charge in [-0.3, -0.25) is 14.4 Å². The highest BCUT2D eigenvalue weighted by Gasteiger charge is 2.19. The van der Waals surface area contributed by atoms with E-state index in [-0.39, 0.29) is 31.1 Å². The van der Waals surface area contributed by atoms with Crippen molar-refractivity contribution in [3.05, 3.63) is 12.2 Å². The minimum absolute atomic E-state index is 0.0697. The number of allylic oxidation sites excluding steroid dienone is 2. The van der Waals surface area contributed by atoms with Crippen LogP contribution in [0.2, 0.25) is 0 Å². The van der Waals surface area contributed by atoms with Crippen LogP contribution in [-0.2, 0) is 28.6 Å². The molecule has 6 heteroatoms. The van der Waals surface area contributed by atoms with Gasteiger partial charge in [-0.25, -0.2) is 0 Å². The zero-order chi connectivity index (χ0) is 38.0. The predicted molar refractivity (Wildman–Crippen MR) is 220 cm³/mol. The number of hydrogen-bond donors (Lipinski definition) is 0. The number of rotatable bonds is 41. The standard InChI is InChI=1S/C46H86O6/c1-4-7-10-13-16-18-20-22-24-26-28-30-33-36-39-45(48)51-42-43(41-50-44(47)38-35-32-15-12-9-6-3)52-46(49)40-37-34-31-29-27-25-23-21-19-17-14-11-8-5-2/h20,22,43H,4-19,21,23-42H2,1-3H3/b22-20-. The van der Waals surface area contributed by atoms with Crippen molar-refractivity contribution in [2.24, 2.45) is 0 Å². The molecule has 0 saturated carbocycles. The normalized spacial score (nSPS) is 12.0. The maximum atomic E-state index is 12.7. The largest absolute Gasteiger partial charge is 0.462 e. The van der Waals surface area contributed by atoms with Crippen molar-refractivity contribution < 1.29 is 28.6 Å². The van der Waals surface area contributed by atoms with E-state index in [4.69, 9.17) is 14.2 Å². The molecule has 0 aliphatic heterocycles. The molecule has 1 atom stereocenters. The molecule has 1 unspecified atom stereocenters. The summed E-state index contributed by atoms with van der Waals surface area (Å²) in [5.74, 6) is -0.880. The van der Waals surface area contributed by atoms with Crippen LogP contribution in [0, 0.1) is 0 Å². The average molecular weight is 735 g/mol. The van der Waals surface area contributed by atoms with Gasteiger partial charge in [-0.2, -0.15) is 0 Å². The van der Waals surface area contributed by atoms with Crippen LogP contribution in [0.1, 0.15) is 245 Å². The Balaban J connectivity index is 4.25. The van der Waals surface area contributed by atoms with E-state index in [1.807, 2.05) is 0 Å². The van der Waals surface area contributed by atoms with Gasteiger partial charge in [-0.1, -0.05) is 193 Å². The number of unbranched alkanes of at least 4 members (excludes halogenated alkanes) is 28. The Bertz CT molecular complexity index is 809. The molecular formula is C46H86O6. The van der Waals surface area contributed by atoms with Gasteiger partial charge < -0.3 is 14.2 Å². The van der Waals surface area contributed by atoms with Gasteiger partial charge in [0.1, 0.15) is 13.2 Å². The quantitative estimate of drug-likeness (QED) is 0.0269. The van der Waals surface area contributed by atoms with Gasteiger partial charge >= 0.3 is 17.9 Å². The first-order chi connectivity index (χ1) is 25.5. The minimum Gasteiger partial charge on any atom is -0.462 e. The highest BCUT2D eigenvalue weighted by Crippen LogP contribution is 2.15. The number of esters is 3. The summed E-state index contributed by atoms with van der Waals surface area (Å²) < 4.78 is 16.6. The molecule has 0 fully saturated rings. The Hall–Kier alpha value is -1.85. The smallest absolute Gasteiger partial charge is 0.306 e. The predicted octanol–water partition coefficient (Wildman–Crippen LogP) is 14.3. The van der Waals surface area contributed by atoms with Gasteiger partial charge in [0.05, 0.1) is 0 Å². The Morgan fingerprint density at radius 1 is 0.365 bits per heavy atom. The van der Waals surface area contributed by atoms with Crippen molar-refractivity contribution in [3.63, 3.8) is 0 Å². The summed E-state index contributed by atoms with van der Waals surface area (Å²) in [7, 11) is 0. The van der Waals surface area contributed by atoms with Gasteiger partial charge in [0.15, 0.2) is 6.10 Å². The monoisotopic (exact) mass is 735 g/mol. The van der Waals surface area contributed by atoms with E-state index in [9.17, 15) is 14.4 Å². The van der Waals surface area contributed by atoms with Crippen molar-refractivity contribution in [1.82, 2.24) is 0 Å². The van der Waals surface area contributed by atoms with E-state index in [0.717, 1.165) is 64.2 Å². The first-order valence-corrected chi connectivity index (χ1v) is 22.7. The van der Waals surface area contributed by atoms with E-state index in [1.54, 1.807) is 0 Å². The molecule has 0 radical (unpaired) electrons. The Morgan fingerprint density at radius 2 is 0.635 bits per heavy atom. The molecule has 0 aliphatic carbocycles. The third kappa shape index (κ3) is 39.4. The van der Waals surface area contributed by atoms with E-state index < -0.39 is 6.10 Å². The van der Waals surface area contributed by atoms with E-state index in [2.05, 4.69) is 32.9 Å². The van der Waals surface area contributed by atoms with Crippen LogP contribution in [0.25, 0.3) is 0 Å². The molecule has 0 saturated heterocycles. The Labute approximate surface area is 322 Å². The van der Waals surface area contributed by atoms with E-state index >= 15 is 0 Å². The van der Waals surface area contributed by atoms with Gasteiger partial charge in [0, 0.05) is 19.3 Å². The molecule has 0 amide bonds. The van der Waals surface area contributed by atoms with Crippen LogP contribution in [-0.4, -0.2) is 37.2 Å². The third-order valence-corrected chi connectivity index (χ3v) is 10.0. The second-order valence-corrected chi connectivity index (χ2v) is 15.3. The van der Waals surface area contributed by atoms with Crippen LogP contribution in [0.3, 0.4) is 0 Å². The Kier molecular flexibility index (Phi) is 40.4. The molecular weight excluding hydrogens is 648 g/mol. The fraction of sp³-hybridized carbons (Fsp3) is 0.891. The van der Waals surface area contributed by atoms with Gasteiger partial charge in [0.25, 0.3) is 0 Å². The molecule has 0 aromatic carbocycles. The van der Waals surface area contributed by atoms with Crippen LogP contribution >= 0.6 is 0 Å². The first-order valence-electron chi connectivity index (χ1n) is 22.7. The number of carbonyl (C=O) groups excluding carboxylic acids is 3. The summed E-state index contributed by atoms with van der Waals surface area (Å²) in [6, 6.07) is 0. The molecule has 52 heavy (non-hydrogen) atoms. The maximum Gasteiger partial charge on any atom is 0.306 e. The minimum atomic E-state index is -0.763. The fourth-order valence-corrected chi connectivity index (χ4v) is 6.55. The molecule has 0 spiro atoms. The molecule has 0 aliphatic rings. The van der Waals surface area contributed by atoms with Gasteiger partial charge in [0.2, 0.25) is 0 Å². The molecule has 0 N–H and O–H groups in total. The molecule has 0 heterocycles. The van der Waals surface area contributed by atoms with Crippen molar-refractivity contribution in [1.29, 1.82) is 0 Å². The second-order valence-electron chi connectivity index (χ2n) is 15.3. The van der Waals surface area contributed by atoms with Crippen molar-refractivity contribution in [2.45, 2.75) is 252 Å². The van der Waals surface area contributed by atoms with Crippen LogP contribution in [0.4, 0.5) is 0 Å². The number of carbonyl (C=O) groups is 3. The topological polar surface area (TPSA) is 78.9 Å². The maximum absolute atomic E-state index is 12.7. The molecule has 0 bridgehead atoms. The molecule has 306 valence electrons. The van der Waals surface area contributed by atoms with Crippen LogP contribution in [0.5, 0.6) is 0 Å². The summed E-state index contributed by atoms with van der Waals surface area (Å²) in [6.07, 6.45) is 43.5. The second kappa shape index (κ2) is 41.9. The lowest BCUT2D eigenvalue weighted by Gasteiger charge is -2.18. The number of ether oxygens (including phenoxy) is 3. The highest BCUT2D eigenvalue weighted by atomic mass is 16.6. The molecule has 0 aromatic heterocycles. The zero-order valence-corrected chi connectivity index (χ0v) is 34.8. The van der Waals surface area contributed by atoms with Gasteiger partial charge in [-0.15, -0.1) is 0 Å². The lowest BCUT2D eigenvalue weighted by Crippen LogP contribution is -2.30.